The van der Waals surface area contributed by atoms with Gasteiger partial charge in [0.15, 0.2) is 11.5 Å². The summed E-state index contributed by atoms with van der Waals surface area (Å²) in [4.78, 5) is 18.8. The number of nitrogens with zero attached hydrogens (tertiary/aromatic N) is 2. The zero-order valence-electron chi connectivity index (χ0n) is 17.1. The van der Waals surface area contributed by atoms with Gasteiger partial charge in [-0.15, -0.1) is 0 Å². The fourth-order valence-corrected chi connectivity index (χ4v) is 4.60. The zero-order chi connectivity index (χ0) is 20.4. The van der Waals surface area contributed by atoms with E-state index in [2.05, 4.69) is 35.1 Å². The first-order valence-electron chi connectivity index (χ1n) is 9.84. The molecule has 0 radical (unpaired) electrons. The molecular formula is C23H26N2O4. The second kappa shape index (κ2) is 7.87. The topological polar surface area (TPSA) is 60.9 Å². The molecule has 29 heavy (non-hydrogen) atoms. The van der Waals surface area contributed by atoms with Crippen LogP contribution in [0.4, 0.5) is 0 Å². The minimum atomic E-state index is -0.406. The van der Waals surface area contributed by atoms with E-state index in [1.165, 1.54) is 5.56 Å². The van der Waals surface area contributed by atoms with Crippen LogP contribution in [0.15, 0.2) is 54.4 Å². The van der Waals surface area contributed by atoms with Crippen molar-refractivity contribution in [3.05, 3.63) is 65.7 Å². The van der Waals surface area contributed by atoms with E-state index in [0.717, 1.165) is 36.6 Å². The molecule has 6 nitrogen and oxygen atoms in total. The molecule has 2 heterocycles. The lowest BCUT2D eigenvalue weighted by atomic mass is 9.68. The molecule has 2 unspecified atom stereocenters. The van der Waals surface area contributed by atoms with E-state index in [4.69, 9.17) is 14.2 Å². The van der Waals surface area contributed by atoms with Crippen LogP contribution >= 0.6 is 0 Å². The van der Waals surface area contributed by atoms with Gasteiger partial charge in [-0.1, -0.05) is 12.1 Å². The molecule has 2 atom stereocenters. The van der Waals surface area contributed by atoms with Gasteiger partial charge in [0, 0.05) is 24.1 Å². The maximum atomic E-state index is 12.4. The third-order valence-corrected chi connectivity index (χ3v) is 6.17. The summed E-state index contributed by atoms with van der Waals surface area (Å²) in [7, 11) is 5.42. The molecular weight excluding hydrogens is 368 g/mol. The number of aromatic nitrogens is 1. The van der Waals surface area contributed by atoms with Gasteiger partial charge in [-0.05, 0) is 62.3 Å². The average Bonchev–Trinajstić information content (AvgIpc) is 3.11. The Morgan fingerprint density at radius 3 is 2.69 bits per heavy atom. The lowest BCUT2D eigenvalue weighted by molar-refractivity contribution is 0.0586. The van der Waals surface area contributed by atoms with Crippen molar-refractivity contribution in [2.24, 2.45) is 0 Å². The molecule has 0 amide bonds. The number of likely N-dealkylation sites (N-methyl/N-ethyl adjacent to an activating group) is 1. The van der Waals surface area contributed by atoms with Crippen molar-refractivity contribution in [1.29, 1.82) is 0 Å². The first-order valence-corrected chi connectivity index (χ1v) is 9.84. The predicted octanol–water partition coefficient (Wildman–Crippen LogP) is 3.58. The van der Waals surface area contributed by atoms with E-state index in [1.54, 1.807) is 38.6 Å². The van der Waals surface area contributed by atoms with Gasteiger partial charge < -0.3 is 14.2 Å². The average molecular weight is 394 g/mol. The van der Waals surface area contributed by atoms with Crippen LogP contribution in [0.25, 0.3) is 0 Å². The molecule has 4 rings (SSSR count). The van der Waals surface area contributed by atoms with Crippen LogP contribution in [0.5, 0.6) is 11.5 Å². The number of likely N-dealkylation sites (tertiary alicyclic amines) is 1. The summed E-state index contributed by atoms with van der Waals surface area (Å²) in [5.41, 5.74) is 1.52. The standard InChI is InChI=1S/C23H26N2O4/c1-25-13-11-23(16-7-8-19(27-2)20(14-16)28-3)10-9-17(15-21(23)25)29-22(26)18-6-4-5-12-24-18/h4-8,12,14-15,21H,9-11,13H2,1-3H3. The quantitative estimate of drug-likeness (QED) is 0.723. The molecule has 2 aliphatic rings. The molecule has 2 aromatic rings. The molecule has 1 fully saturated rings. The van der Waals surface area contributed by atoms with Gasteiger partial charge in [-0.25, -0.2) is 9.78 Å². The molecule has 1 saturated heterocycles. The normalized spacial score (nSPS) is 23.8. The number of esters is 1. The zero-order valence-corrected chi connectivity index (χ0v) is 17.1. The van der Waals surface area contributed by atoms with Gasteiger partial charge in [0.25, 0.3) is 0 Å². The Balaban J connectivity index is 1.62. The number of methoxy groups -OCH3 is 2. The molecule has 0 bridgehead atoms. The number of rotatable bonds is 5. The summed E-state index contributed by atoms with van der Waals surface area (Å²) in [6.07, 6.45) is 6.35. The first kappa shape index (κ1) is 19.5. The fourth-order valence-electron chi connectivity index (χ4n) is 4.60. The second-order valence-corrected chi connectivity index (χ2v) is 7.64. The molecule has 1 aromatic heterocycles. The van der Waals surface area contributed by atoms with E-state index in [9.17, 15) is 4.79 Å². The highest BCUT2D eigenvalue weighted by Crippen LogP contribution is 2.49. The molecule has 1 aliphatic heterocycles. The number of carbonyl (C=O) groups excluding carboxylic acids is 1. The summed E-state index contributed by atoms with van der Waals surface area (Å²) in [5, 5.41) is 0. The van der Waals surface area contributed by atoms with Crippen molar-refractivity contribution in [1.82, 2.24) is 9.88 Å². The maximum Gasteiger partial charge on any atom is 0.361 e. The predicted molar refractivity (Wildman–Crippen MR) is 109 cm³/mol. The SMILES string of the molecule is COc1ccc(C23CCC(OC(=O)c4ccccn4)=CC2N(C)CC3)cc1OC. The van der Waals surface area contributed by atoms with Gasteiger partial charge in [-0.3, -0.25) is 4.90 Å². The number of allylic oxidation sites excluding steroid dienone is 1. The van der Waals surface area contributed by atoms with Crippen molar-refractivity contribution in [3.8, 4) is 11.5 Å². The number of ether oxygens (including phenoxy) is 3. The van der Waals surface area contributed by atoms with Crippen LogP contribution in [0.3, 0.4) is 0 Å². The molecule has 1 aromatic carbocycles. The fraction of sp³-hybridized carbons (Fsp3) is 0.391. The maximum absolute atomic E-state index is 12.4. The van der Waals surface area contributed by atoms with Crippen LogP contribution in [0.1, 0.15) is 35.3 Å². The van der Waals surface area contributed by atoms with Crippen LogP contribution in [0.2, 0.25) is 0 Å². The molecule has 1 aliphatic carbocycles. The number of hydrogen-bond acceptors (Lipinski definition) is 6. The summed E-state index contributed by atoms with van der Waals surface area (Å²) in [6, 6.07) is 11.6. The van der Waals surface area contributed by atoms with E-state index < -0.39 is 5.97 Å². The van der Waals surface area contributed by atoms with Crippen molar-refractivity contribution in [2.75, 3.05) is 27.8 Å². The van der Waals surface area contributed by atoms with Crippen molar-refractivity contribution < 1.29 is 19.0 Å². The van der Waals surface area contributed by atoms with Crippen LogP contribution in [-0.4, -0.2) is 49.7 Å². The summed E-state index contributed by atoms with van der Waals surface area (Å²) < 4.78 is 16.6. The van der Waals surface area contributed by atoms with Gasteiger partial charge >= 0.3 is 5.97 Å². The Morgan fingerprint density at radius 2 is 1.97 bits per heavy atom. The number of benzene rings is 1. The van der Waals surface area contributed by atoms with Gasteiger partial charge in [0.1, 0.15) is 11.5 Å². The minimum Gasteiger partial charge on any atom is -0.493 e. The van der Waals surface area contributed by atoms with Crippen LogP contribution < -0.4 is 9.47 Å². The highest BCUT2D eigenvalue weighted by Gasteiger charge is 2.48. The largest absolute Gasteiger partial charge is 0.493 e. The Morgan fingerprint density at radius 1 is 1.14 bits per heavy atom. The molecule has 0 saturated carbocycles. The van der Waals surface area contributed by atoms with Gasteiger partial charge in [-0.2, -0.15) is 0 Å². The summed E-state index contributed by atoms with van der Waals surface area (Å²) >= 11 is 0. The Labute approximate surface area is 171 Å². The van der Waals surface area contributed by atoms with E-state index >= 15 is 0 Å². The van der Waals surface area contributed by atoms with Gasteiger partial charge in [0.05, 0.1) is 14.2 Å². The minimum absolute atomic E-state index is 0.0325. The highest BCUT2D eigenvalue weighted by molar-refractivity contribution is 5.87. The smallest absolute Gasteiger partial charge is 0.361 e. The third kappa shape index (κ3) is 3.49. The van der Waals surface area contributed by atoms with Crippen molar-refractivity contribution in [2.45, 2.75) is 30.7 Å². The Hall–Kier alpha value is -2.86. The Bertz CT molecular complexity index is 928. The molecule has 0 N–H and O–H groups in total. The number of carbonyl (C=O) groups is 1. The number of hydrogen-bond donors (Lipinski definition) is 0. The molecule has 6 heteroatoms. The number of pyridine rings is 1. The van der Waals surface area contributed by atoms with Crippen LogP contribution in [-0.2, 0) is 10.2 Å². The van der Waals surface area contributed by atoms with E-state index in [-0.39, 0.29) is 11.5 Å². The summed E-state index contributed by atoms with van der Waals surface area (Å²) in [5.74, 6) is 1.78. The number of fused-ring (bicyclic) bond motifs is 1. The van der Waals surface area contributed by atoms with Crippen LogP contribution in [0, 0.1) is 0 Å². The molecule has 152 valence electrons. The Kier molecular flexibility index (Phi) is 5.28. The third-order valence-electron chi connectivity index (χ3n) is 6.17. The van der Waals surface area contributed by atoms with Gasteiger partial charge in [0.2, 0.25) is 0 Å². The van der Waals surface area contributed by atoms with E-state index in [1.807, 2.05) is 6.07 Å². The van der Waals surface area contributed by atoms with E-state index in [0.29, 0.717) is 12.1 Å². The van der Waals surface area contributed by atoms with Crippen molar-refractivity contribution in [3.63, 3.8) is 0 Å². The highest BCUT2D eigenvalue weighted by atomic mass is 16.5. The first-order chi connectivity index (χ1) is 14.1. The second-order valence-electron chi connectivity index (χ2n) is 7.64. The van der Waals surface area contributed by atoms with Crippen molar-refractivity contribution >= 4 is 5.97 Å². The monoisotopic (exact) mass is 394 g/mol. The lowest BCUT2D eigenvalue weighted by Gasteiger charge is -2.40. The lowest BCUT2D eigenvalue weighted by Crippen LogP contribution is -2.42. The molecule has 0 spiro atoms. The summed E-state index contributed by atoms with van der Waals surface area (Å²) in [6.45, 7) is 0.983.